The summed E-state index contributed by atoms with van der Waals surface area (Å²) < 4.78 is 0. The van der Waals surface area contributed by atoms with E-state index < -0.39 is 5.60 Å². The second-order valence-corrected chi connectivity index (χ2v) is 12.7. The number of allylic oxidation sites excluding steroid dienone is 1. The number of unbranched alkanes of at least 4 members (excludes halogenated alkanes) is 8. The van der Waals surface area contributed by atoms with Crippen LogP contribution in [0.4, 0.5) is 0 Å². The van der Waals surface area contributed by atoms with E-state index >= 15 is 0 Å². The van der Waals surface area contributed by atoms with Gasteiger partial charge in [-0.05, 0) is 88.2 Å². The monoisotopic (exact) mass is 450 g/mol. The molecule has 1 nitrogen and oxygen atoms in total. The van der Waals surface area contributed by atoms with Crippen molar-refractivity contribution in [1.29, 1.82) is 0 Å². The zero-order valence-corrected chi connectivity index (χ0v) is 22.3. The molecule has 2 aliphatic carbocycles. The van der Waals surface area contributed by atoms with E-state index in [-0.39, 0.29) is 0 Å². The molecule has 2 heteroatoms. The van der Waals surface area contributed by atoms with E-state index in [1.54, 1.807) is 0 Å². The molecular formula is C29H54OS. The van der Waals surface area contributed by atoms with Crippen LogP contribution in [0.5, 0.6) is 0 Å². The molecule has 0 amide bonds. The predicted molar refractivity (Wildman–Crippen MR) is 141 cm³/mol. The fraction of sp³-hybridized carbons (Fsp3) is 0.931. The first-order chi connectivity index (χ1) is 14.9. The highest BCUT2D eigenvalue weighted by molar-refractivity contribution is 7.99. The van der Waals surface area contributed by atoms with Crippen molar-refractivity contribution in [2.45, 2.75) is 142 Å². The van der Waals surface area contributed by atoms with Crippen LogP contribution in [0.25, 0.3) is 0 Å². The number of fused-ring (bicyclic) bond motifs is 1. The molecule has 3 atom stereocenters. The Morgan fingerprint density at radius 3 is 2.42 bits per heavy atom. The molecule has 2 rings (SSSR count). The Labute approximate surface area is 199 Å². The largest absolute Gasteiger partial charge is 0.390 e. The molecular weight excluding hydrogens is 396 g/mol. The molecule has 0 heterocycles. The molecule has 0 aliphatic heterocycles. The van der Waals surface area contributed by atoms with E-state index in [1.165, 1.54) is 114 Å². The quantitative estimate of drug-likeness (QED) is 0.187. The van der Waals surface area contributed by atoms with Crippen LogP contribution in [-0.2, 0) is 0 Å². The number of thioether (sulfide) groups is 1. The van der Waals surface area contributed by atoms with Crippen LogP contribution in [0.3, 0.4) is 0 Å². The Bertz CT molecular complexity index is 505. The Balaban J connectivity index is 1.64. The van der Waals surface area contributed by atoms with E-state index in [0.717, 1.165) is 18.3 Å². The second kappa shape index (κ2) is 14.3. The Morgan fingerprint density at radius 1 is 1.00 bits per heavy atom. The molecule has 0 aromatic rings. The van der Waals surface area contributed by atoms with Gasteiger partial charge in [0.25, 0.3) is 0 Å². The lowest BCUT2D eigenvalue weighted by molar-refractivity contribution is 0.0659. The van der Waals surface area contributed by atoms with E-state index in [4.69, 9.17) is 0 Å². The van der Waals surface area contributed by atoms with Gasteiger partial charge in [0.1, 0.15) is 0 Å². The summed E-state index contributed by atoms with van der Waals surface area (Å²) in [5.41, 5.74) is 1.88. The number of hydrogen-bond acceptors (Lipinski definition) is 2. The summed E-state index contributed by atoms with van der Waals surface area (Å²) >= 11 is 2.17. The van der Waals surface area contributed by atoms with Crippen LogP contribution in [0.1, 0.15) is 137 Å². The molecule has 0 radical (unpaired) electrons. The van der Waals surface area contributed by atoms with Gasteiger partial charge in [-0.3, -0.25) is 0 Å². The highest BCUT2D eigenvalue weighted by Crippen LogP contribution is 2.58. The van der Waals surface area contributed by atoms with Gasteiger partial charge in [-0.25, -0.2) is 0 Å². The molecule has 0 aromatic carbocycles. The van der Waals surface area contributed by atoms with Crippen LogP contribution >= 0.6 is 11.8 Å². The van der Waals surface area contributed by atoms with Crippen molar-refractivity contribution in [3.8, 4) is 0 Å². The van der Waals surface area contributed by atoms with Gasteiger partial charge >= 0.3 is 0 Å². The van der Waals surface area contributed by atoms with Crippen molar-refractivity contribution in [2.75, 3.05) is 11.5 Å². The maximum atomic E-state index is 9.98. The lowest BCUT2D eigenvalue weighted by atomic mass is 9.62. The van der Waals surface area contributed by atoms with E-state index in [2.05, 4.69) is 31.7 Å². The van der Waals surface area contributed by atoms with Crippen molar-refractivity contribution in [1.82, 2.24) is 0 Å². The van der Waals surface area contributed by atoms with Crippen LogP contribution in [-0.4, -0.2) is 22.2 Å². The summed E-state index contributed by atoms with van der Waals surface area (Å²) in [4.78, 5) is 0. The third-order valence-corrected chi connectivity index (χ3v) is 9.34. The Hall–Kier alpha value is 0.0500. The summed E-state index contributed by atoms with van der Waals surface area (Å²) in [5.74, 6) is 4.37. The molecule has 0 spiro atoms. The van der Waals surface area contributed by atoms with Crippen molar-refractivity contribution >= 4 is 11.8 Å². The van der Waals surface area contributed by atoms with Gasteiger partial charge in [-0.1, -0.05) is 83.3 Å². The fourth-order valence-corrected chi connectivity index (χ4v) is 7.31. The van der Waals surface area contributed by atoms with Gasteiger partial charge in [-0.2, -0.15) is 11.8 Å². The average molecular weight is 451 g/mol. The molecule has 0 aromatic heterocycles. The first kappa shape index (κ1) is 27.3. The second-order valence-electron chi connectivity index (χ2n) is 11.6. The maximum Gasteiger partial charge on any atom is 0.0591 e. The van der Waals surface area contributed by atoms with Gasteiger partial charge < -0.3 is 5.11 Å². The summed E-state index contributed by atoms with van der Waals surface area (Å²) in [7, 11) is 0. The van der Waals surface area contributed by atoms with E-state index in [1.807, 2.05) is 19.4 Å². The molecule has 3 unspecified atom stereocenters. The molecule has 0 bridgehead atoms. The molecule has 0 saturated heterocycles. The summed E-state index contributed by atoms with van der Waals surface area (Å²) in [5, 5.41) is 9.98. The van der Waals surface area contributed by atoms with Crippen LogP contribution in [0.2, 0.25) is 0 Å². The van der Waals surface area contributed by atoms with Crippen molar-refractivity contribution < 1.29 is 5.11 Å². The summed E-state index contributed by atoms with van der Waals surface area (Å²) in [6.45, 7) is 8.81. The van der Waals surface area contributed by atoms with Crippen molar-refractivity contribution in [3.05, 3.63) is 11.6 Å². The number of hydrogen-bond donors (Lipinski definition) is 1. The molecule has 182 valence electrons. The lowest BCUT2D eigenvalue weighted by Gasteiger charge is -2.42. The fourth-order valence-electron chi connectivity index (χ4n) is 6.40. The Morgan fingerprint density at radius 2 is 1.71 bits per heavy atom. The summed E-state index contributed by atoms with van der Waals surface area (Å²) in [6.07, 6.45) is 26.0. The van der Waals surface area contributed by atoms with E-state index in [9.17, 15) is 5.11 Å². The van der Waals surface area contributed by atoms with Crippen LogP contribution < -0.4 is 0 Å². The molecule has 1 N–H and O–H groups in total. The molecule has 2 fully saturated rings. The zero-order valence-electron chi connectivity index (χ0n) is 21.5. The Kier molecular flexibility index (Phi) is 12.6. The van der Waals surface area contributed by atoms with Gasteiger partial charge in [0.15, 0.2) is 0 Å². The minimum atomic E-state index is -0.491. The highest BCUT2D eigenvalue weighted by atomic mass is 32.2. The smallest absolute Gasteiger partial charge is 0.0591 e. The predicted octanol–water partition coefficient (Wildman–Crippen LogP) is 9.33. The highest BCUT2D eigenvalue weighted by Gasteiger charge is 2.48. The first-order valence-electron chi connectivity index (χ1n) is 13.9. The number of rotatable bonds is 16. The topological polar surface area (TPSA) is 20.2 Å². The van der Waals surface area contributed by atoms with Crippen molar-refractivity contribution in [2.24, 2.45) is 17.3 Å². The first-order valence-corrected chi connectivity index (χ1v) is 15.0. The minimum absolute atomic E-state index is 0.491. The number of aliphatic hydroxyl groups is 1. The lowest BCUT2D eigenvalue weighted by Crippen LogP contribution is -2.33. The molecule has 2 saturated carbocycles. The SMILES string of the molecule is CCCCCCCCCCSC/C=C1\CCCC2(C)C(CCCCC(C)(C)O)CCC12. The summed E-state index contributed by atoms with van der Waals surface area (Å²) in [6, 6.07) is 0. The third kappa shape index (κ3) is 9.83. The van der Waals surface area contributed by atoms with E-state index in [0.29, 0.717) is 5.41 Å². The van der Waals surface area contributed by atoms with Crippen molar-refractivity contribution in [3.63, 3.8) is 0 Å². The average Bonchev–Trinajstić information content (AvgIpc) is 3.05. The minimum Gasteiger partial charge on any atom is -0.390 e. The van der Waals surface area contributed by atoms with Gasteiger partial charge in [0.2, 0.25) is 0 Å². The standard InChI is InChI=1S/C29H54OS/c1-5-6-7-8-9-10-11-14-23-31-24-20-25-16-15-22-29(4)26(18-19-27(25)29)17-12-13-21-28(2,3)30/h20,26-27,30H,5-19,21-24H2,1-4H3/b25-20+. The normalized spacial score (nSPS) is 27.7. The third-order valence-electron chi connectivity index (χ3n) is 8.36. The van der Waals surface area contributed by atoms with Crippen LogP contribution in [0, 0.1) is 17.3 Å². The zero-order chi connectivity index (χ0) is 22.6. The maximum absolute atomic E-state index is 9.98. The van der Waals surface area contributed by atoms with Gasteiger partial charge in [-0.15, -0.1) is 0 Å². The molecule has 2 aliphatic rings. The van der Waals surface area contributed by atoms with Gasteiger partial charge in [0.05, 0.1) is 5.60 Å². The van der Waals surface area contributed by atoms with Gasteiger partial charge in [0, 0.05) is 5.75 Å². The molecule has 31 heavy (non-hydrogen) atoms. The van der Waals surface area contributed by atoms with Crippen LogP contribution in [0.15, 0.2) is 11.6 Å².